The smallest absolute Gasteiger partial charge is 0.224 e. The first-order valence-electron chi connectivity index (χ1n) is 7.15. The Kier molecular flexibility index (Phi) is 5.36. The van der Waals surface area contributed by atoms with Gasteiger partial charge in [0.2, 0.25) is 5.91 Å². The van der Waals surface area contributed by atoms with E-state index in [2.05, 4.69) is 24.4 Å². The molecule has 0 aliphatic rings. The fraction of sp³-hybridized carbons (Fsp3) is 0.278. The summed E-state index contributed by atoms with van der Waals surface area (Å²) in [4.78, 5) is 12.1. The van der Waals surface area contributed by atoms with Crippen LogP contribution in [-0.2, 0) is 17.6 Å². The van der Waals surface area contributed by atoms with Crippen LogP contribution in [0.15, 0.2) is 60.7 Å². The molecule has 0 aliphatic heterocycles. The van der Waals surface area contributed by atoms with Crippen LogP contribution in [0.1, 0.15) is 24.5 Å². The maximum Gasteiger partial charge on any atom is 0.224 e. The van der Waals surface area contributed by atoms with Crippen LogP contribution in [0.2, 0.25) is 0 Å². The SMILES string of the molecule is CC[C@H](Cc1ccccc1)NC(=O)Cc1ccccc1. The second-order valence-electron chi connectivity index (χ2n) is 5.02. The van der Waals surface area contributed by atoms with Gasteiger partial charge in [-0.05, 0) is 24.0 Å². The van der Waals surface area contributed by atoms with Crippen LogP contribution in [0.3, 0.4) is 0 Å². The second-order valence-corrected chi connectivity index (χ2v) is 5.02. The van der Waals surface area contributed by atoms with Gasteiger partial charge in [-0.25, -0.2) is 0 Å². The Morgan fingerprint density at radius 3 is 2.05 bits per heavy atom. The summed E-state index contributed by atoms with van der Waals surface area (Å²) in [6.07, 6.45) is 2.28. The van der Waals surface area contributed by atoms with Gasteiger partial charge in [0.1, 0.15) is 0 Å². The van der Waals surface area contributed by atoms with Gasteiger partial charge in [-0.3, -0.25) is 4.79 Å². The highest BCUT2D eigenvalue weighted by Gasteiger charge is 2.11. The second kappa shape index (κ2) is 7.49. The molecule has 104 valence electrons. The van der Waals surface area contributed by atoms with Gasteiger partial charge < -0.3 is 5.32 Å². The molecule has 0 spiro atoms. The normalized spacial score (nSPS) is 11.8. The lowest BCUT2D eigenvalue weighted by Gasteiger charge is -2.17. The average molecular weight is 267 g/mol. The fourth-order valence-corrected chi connectivity index (χ4v) is 2.26. The number of hydrogen-bond acceptors (Lipinski definition) is 1. The van der Waals surface area contributed by atoms with Gasteiger partial charge in [-0.2, -0.15) is 0 Å². The van der Waals surface area contributed by atoms with E-state index < -0.39 is 0 Å². The molecule has 1 N–H and O–H groups in total. The number of hydrogen-bond donors (Lipinski definition) is 1. The topological polar surface area (TPSA) is 29.1 Å². The Hall–Kier alpha value is -2.09. The summed E-state index contributed by atoms with van der Waals surface area (Å²) in [5, 5.41) is 3.12. The summed E-state index contributed by atoms with van der Waals surface area (Å²) in [6.45, 7) is 2.11. The van der Waals surface area contributed by atoms with Crippen LogP contribution < -0.4 is 5.32 Å². The third-order valence-corrected chi connectivity index (χ3v) is 3.39. The molecule has 0 aliphatic carbocycles. The molecule has 2 rings (SSSR count). The molecule has 1 amide bonds. The Balaban J connectivity index is 1.88. The predicted octanol–water partition coefficient (Wildman–Crippen LogP) is 3.37. The molecule has 2 aromatic rings. The average Bonchev–Trinajstić information content (AvgIpc) is 2.48. The van der Waals surface area contributed by atoms with Crippen molar-refractivity contribution in [1.29, 1.82) is 0 Å². The van der Waals surface area contributed by atoms with E-state index in [-0.39, 0.29) is 11.9 Å². The molecule has 0 saturated heterocycles. The minimum atomic E-state index is 0.0963. The number of carbonyl (C=O) groups excluding carboxylic acids is 1. The van der Waals surface area contributed by atoms with E-state index in [0.29, 0.717) is 6.42 Å². The summed E-state index contributed by atoms with van der Waals surface area (Å²) in [5.41, 5.74) is 2.32. The molecule has 2 aromatic carbocycles. The number of amides is 1. The molecule has 2 heteroatoms. The Labute approximate surface area is 120 Å². The molecule has 0 radical (unpaired) electrons. The Morgan fingerprint density at radius 1 is 0.950 bits per heavy atom. The van der Waals surface area contributed by atoms with Gasteiger partial charge >= 0.3 is 0 Å². The molecule has 0 heterocycles. The third-order valence-electron chi connectivity index (χ3n) is 3.39. The minimum Gasteiger partial charge on any atom is -0.353 e. The standard InChI is InChI=1S/C18H21NO/c1-2-17(13-15-9-5-3-6-10-15)19-18(20)14-16-11-7-4-8-12-16/h3-12,17H,2,13-14H2,1H3,(H,19,20)/t17-/m1/s1. The zero-order valence-corrected chi connectivity index (χ0v) is 11.9. The summed E-state index contributed by atoms with van der Waals surface area (Å²) in [5.74, 6) is 0.0963. The van der Waals surface area contributed by atoms with Crippen molar-refractivity contribution in [2.75, 3.05) is 0 Å². The van der Waals surface area contributed by atoms with E-state index in [1.807, 2.05) is 48.5 Å². The van der Waals surface area contributed by atoms with E-state index in [9.17, 15) is 4.79 Å². The summed E-state index contributed by atoms with van der Waals surface area (Å²) in [7, 11) is 0. The third kappa shape index (κ3) is 4.54. The van der Waals surface area contributed by atoms with Gasteiger partial charge in [0.05, 0.1) is 6.42 Å². The molecule has 20 heavy (non-hydrogen) atoms. The zero-order valence-electron chi connectivity index (χ0n) is 11.9. The van der Waals surface area contributed by atoms with Gasteiger partial charge in [0.25, 0.3) is 0 Å². The monoisotopic (exact) mass is 267 g/mol. The largest absolute Gasteiger partial charge is 0.353 e. The lowest BCUT2D eigenvalue weighted by molar-refractivity contribution is -0.121. The van der Waals surface area contributed by atoms with Crippen LogP contribution in [-0.4, -0.2) is 11.9 Å². The summed E-state index contributed by atoms with van der Waals surface area (Å²) < 4.78 is 0. The number of nitrogens with one attached hydrogen (secondary N) is 1. The van der Waals surface area contributed by atoms with Crippen molar-refractivity contribution in [3.8, 4) is 0 Å². The van der Waals surface area contributed by atoms with E-state index in [1.165, 1.54) is 5.56 Å². The molecule has 2 nitrogen and oxygen atoms in total. The van der Waals surface area contributed by atoms with Crippen LogP contribution in [0.25, 0.3) is 0 Å². The van der Waals surface area contributed by atoms with Crippen molar-refractivity contribution in [3.05, 3.63) is 71.8 Å². The Morgan fingerprint density at radius 2 is 1.50 bits per heavy atom. The van der Waals surface area contributed by atoms with Crippen LogP contribution in [0.4, 0.5) is 0 Å². The molecular formula is C18H21NO. The van der Waals surface area contributed by atoms with Gasteiger partial charge in [-0.1, -0.05) is 67.6 Å². The van der Waals surface area contributed by atoms with E-state index >= 15 is 0 Å². The molecule has 0 fully saturated rings. The van der Waals surface area contributed by atoms with Gasteiger partial charge in [0, 0.05) is 6.04 Å². The van der Waals surface area contributed by atoms with E-state index in [0.717, 1.165) is 18.4 Å². The van der Waals surface area contributed by atoms with Crippen molar-refractivity contribution in [3.63, 3.8) is 0 Å². The predicted molar refractivity (Wildman–Crippen MR) is 82.5 cm³/mol. The van der Waals surface area contributed by atoms with Crippen molar-refractivity contribution in [2.24, 2.45) is 0 Å². The highest BCUT2D eigenvalue weighted by molar-refractivity contribution is 5.78. The first kappa shape index (κ1) is 14.3. The van der Waals surface area contributed by atoms with Crippen LogP contribution >= 0.6 is 0 Å². The van der Waals surface area contributed by atoms with Crippen molar-refractivity contribution < 1.29 is 4.79 Å². The molecular weight excluding hydrogens is 246 g/mol. The highest BCUT2D eigenvalue weighted by Crippen LogP contribution is 2.06. The molecule has 0 aromatic heterocycles. The quantitative estimate of drug-likeness (QED) is 0.854. The lowest BCUT2D eigenvalue weighted by atomic mass is 10.0. The molecule has 1 atom stereocenters. The van der Waals surface area contributed by atoms with Crippen LogP contribution in [0.5, 0.6) is 0 Å². The van der Waals surface area contributed by atoms with Crippen molar-refractivity contribution in [1.82, 2.24) is 5.32 Å². The minimum absolute atomic E-state index is 0.0963. The summed E-state index contributed by atoms with van der Waals surface area (Å²) in [6, 6.07) is 20.3. The molecule has 0 unspecified atom stereocenters. The number of carbonyl (C=O) groups is 1. The molecule has 0 bridgehead atoms. The zero-order chi connectivity index (χ0) is 14.2. The number of rotatable bonds is 6. The highest BCUT2D eigenvalue weighted by atomic mass is 16.1. The first-order chi connectivity index (χ1) is 9.78. The van der Waals surface area contributed by atoms with E-state index in [1.54, 1.807) is 0 Å². The first-order valence-corrected chi connectivity index (χ1v) is 7.15. The lowest BCUT2D eigenvalue weighted by Crippen LogP contribution is -2.36. The summed E-state index contributed by atoms with van der Waals surface area (Å²) >= 11 is 0. The van der Waals surface area contributed by atoms with E-state index in [4.69, 9.17) is 0 Å². The Bertz CT molecular complexity index is 522. The molecule has 0 saturated carbocycles. The van der Waals surface area contributed by atoms with Gasteiger partial charge in [0.15, 0.2) is 0 Å². The maximum absolute atomic E-state index is 12.1. The van der Waals surface area contributed by atoms with Crippen molar-refractivity contribution in [2.45, 2.75) is 32.2 Å². The fourth-order valence-electron chi connectivity index (χ4n) is 2.26. The number of benzene rings is 2. The van der Waals surface area contributed by atoms with Crippen molar-refractivity contribution >= 4 is 5.91 Å². The van der Waals surface area contributed by atoms with Gasteiger partial charge in [-0.15, -0.1) is 0 Å². The van der Waals surface area contributed by atoms with Crippen LogP contribution in [0, 0.1) is 0 Å². The maximum atomic E-state index is 12.1.